The van der Waals surface area contributed by atoms with E-state index in [1.165, 1.54) is 0 Å². The summed E-state index contributed by atoms with van der Waals surface area (Å²) in [6, 6.07) is 0. The van der Waals surface area contributed by atoms with Crippen LogP contribution in [-0.4, -0.2) is 34.5 Å². The van der Waals surface area contributed by atoms with Gasteiger partial charge >= 0.3 is 5.97 Å². The summed E-state index contributed by atoms with van der Waals surface area (Å²) < 4.78 is 18.3. The quantitative estimate of drug-likeness (QED) is 0.199. The lowest BCUT2D eigenvalue weighted by molar-refractivity contribution is -0.154. The standard InChI is InChI=1S/C35H52O8/c1-13-26(36)19(6)33-24(11)31(40)22(9)32(43-33)18(5)16-17(4)29(38)21(8)35(42-28(37)15-3)25(12)34-23(10)30(39)20(7)27(14-2)41-34/h16,18-19,21,25-26,29,35-36,38H,13-15H2,1-12H3/t18-,19+,21+,25+,26+,29-,35-/m1/s1. The van der Waals surface area contributed by atoms with Gasteiger partial charge in [-0.25, -0.2) is 0 Å². The van der Waals surface area contributed by atoms with E-state index in [1.54, 1.807) is 41.5 Å². The normalized spacial score (nSPS) is 17.1. The summed E-state index contributed by atoms with van der Waals surface area (Å²) in [6.45, 7) is 21.6. The number of hydrogen-bond acceptors (Lipinski definition) is 8. The summed E-state index contributed by atoms with van der Waals surface area (Å²) in [5.41, 5.74) is 2.40. The van der Waals surface area contributed by atoms with Crippen LogP contribution >= 0.6 is 0 Å². The molecule has 8 heteroatoms. The molecule has 0 radical (unpaired) electrons. The number of esters is 1. The minimum atomic E-state index is -1.01. The van der Waals surface area contributed by atoms with Crippen LogP contribution in [0.15, 0.2) is 30.1 Å². The smallest absolute Gasteiger partial charge is 0.305 e. The van der Waals surface area contributed by atoms with Crippen molar-refractivity contribution < 1.29 is 28.6 Å². The maximum Gasteiger partial charge on any atom is 0.305 e. The Morgan fingerprint density at radius 1 is 0.814 bits per heavy atom. The predicted molar refractivity (Wildman–Crippen MR) is 169 cm³/mol. The molecule has 0 saturated heterocycles. The lowest BCUT2D eigenvalue weighted by Gasteiger charge is -2.33. The first-order valence-electron chi connectivity index (χ1n) is 15.5. The SMILES string of the molecule is CCC(=O)O[C@H]([C@@H](C)[C@H](O)C(C)=C[C@@H](C)c1oc([C@@H](C)[C@@H](O)CC)c(C)c(=O)c1C)[C@@H](C)c1oc(CC)c(C)c(=O)c1C. The van der Waals surface area contributed by atoms with Crippen LogP contribution in [0.1, 0.15) is 131 Å². The van der Waals surface area contributed by atoms with Gasteiger partial charge in [0.05, 0.1) is 18.1 Å². The van der Waals surface area contributed by atoms with Crippen molar-refractivity contribution in [1.82, 2.24) is 0 Å². The first-order valence-corrected chi connectivity index (χ1v) is 15.5. The number of aliphatic hydroxyl groups excluding tert-OH is 2. The van der Waals surface area contributed by atoms with Crippen molar-refractivity contribution in [2.75, 3.05) is 0 Å². The molecule has 0 aliphatic carbocycles. The highest BCUT2D eigenvalue weighted by Crippen LogP contribution is 2.34. The third-order valence-corrected chi connectivity index (χ3v) is 8.94. The fourth-order valence-electron chi connectivity index (χ4n) is 5.96. The van der Waals surface area contributed by atoms with Crippen LogP contribution in [0.25, 0.3) is 0 Å². The van der Waals surface area contributed by atoms with Crippen LogP contribution in [-0.2, 0) is 16.0 Å². The Morgan fingerprint density at radius 2 is 1.33 bits per heavy atom. The number of aliphatic hydroxyl groups is 2. The Morgan fingerprint density at radius 3 is 1.84 bits per heavy atom. The zero-order chi connectivity index (χ0) is 32.9. The summed E-state index contributed by atoms with van der Waals surface area (Å²) in [5.74, 6) is -0.217. The minimum absolute atomic E-state index is 0.0984. The fourth-order valence-corrected chi connectivity index (χ4v) is 5.96. The monoisotopic (exact) mass is 600 g/mol. The number of hydrogen-bond donors (Lipinski definition) is 2. The Kier molecular flexibility index (Phi) is 12.8. The molecule has 2 rings (SSSR count). The molecule has 0 aliphatic rings. The van der Waals surface area contributed by atoms with Gasteiger partial charge in [-0.1, -0.05) is 54.5 Å². The van der Waals surface area contributed by atoms with Gasteiger partial charge in [-0.15, -0.1) is 0 Å². The molecule has 0 saturated carbocycles. The van der Waals surface area contributed by atoms with Gasteiger partial charge in [0.2, 0.25) is 0 Å². The van der Waals surface area contributed by atoms with E-state index in [0.717, 1.165) is 0 Å². The molecule has 0 aliphatic heterocycles. The van der Waals surface area contributed by atoms with Crippen LogP contribution < -0.4 is 10.9 Å². The summed E-state index contributed by atoms with van der Waals surface area (Å²) in [6.07, 6.45) is 0.645. The Bertz CT molecular complexity index is 1430. The van der Waals surface area contributed by atoms with E-state index in [9.17, 15) is 24.6 Å². The average molecular weight is 601 g/mol. The molecule has 43 heavy (non-hydrogen) atoms. The molecule has 0 bridgehead atoms. The summed E-state index contributed by atoms with van der Waals surface area (Å²) in [5, 5.41) is 22.0. The highest BCUT2D eigenvalue weighted by molar-refractivity contribution is 5.69. The first-order chi connectivity index (χ1) is 20.0. The number of allylic oxidation sites excluding steroid dienone is 1. The van der Waals surface area contributed by atoms with Gasteiger partial charge in [0.25, 0.3) is 0 Å². The molecular weight excluding hydrogens is 548 g/mol. The molecule has 2 aromatic rings. The third kappa shape index (κ3) is 7.76. The topological polar surface area (TPSA) is 127 Å². The fraction of sp³-hybridized carbons (Fsp3) is 0.629. The van der Waals surface area contributed by atoms with Gasteiger partial charge in [-0.3, -0.25) is 14.4 Å². The minimum Gasteiger partial charge on any atom is -0.465 e. The van der Waals surface area contributed by atoms with Crippen molar-refractivity contribution in [2.24, 2.45) is 5.92 Å². The lowest BCUT2D eigenvalue weighted by Crippen LogP contribution is -2.38. The van der Waals surface area contributed by atoms with Crippen LogP contribution in [0.3, 0.4) is 0 Å². The molecule has 2 heterocycles. The van der Waals surface area contributed by atoms with E-state index in [4.69, 9.17) is 13.6 Å². The summed E-state index contributed by atoms with van der Waals surface area (Å²) in [4.78, 5) is 38.6. The predicted octanol–water partition coefficient (Wildman–Crippen LogP) is 6.44. The first kappa shape index (κ1) is 36.2. The summed E-state index contributed by atoms with van der Waals surface area (Å²) >= 11 is 0. The van der Waals surface area contributed by atoms with Crippen molar-refractivity contribution in [3.05, 3.63) is 77.4 Å². The molecule has 0 amide bonds. The number of carbonyl (C=O) groups excluding carboxylic acids is 1. The Labute approximate surface area is 256 Å². The maximum absolute atomic E-state index is 13.1. The molecule has 2 aromatic heterocycles. The highest BCUT2D eigenvalue weighted by Gasteiger charge is 2.36. The van der Waals surface area contributed by atoms with Crippen LogP contribution in [0.4, 0.5) is 0 Å². The molecule has 240 valence electrons. The van der Waals surface area contributed by atoms with Crippen molar-refractivity contribution in [1.29, 1.82) is 0 Å². The number of rotatable bonds is 13. The summed E-state index contributed by atoms with van der Waals surface area (Å²) in [7, 11) is 0. The van der Waals surface area contributed by atoms with Gasteiger partial charge in [0, 0.05) is 52.8 Å². The van der Waals surface area contributed by atoms with E-state index in [2.05, 4.69) is 0 Å². The second-order valence-corrected chi connectivity index (χ2v) is 12.1. The lowest BCUT2D eigenvalue weighted by atomic mass is 9.83. The molecule has 0 unspecified atom stereocenters. The molecule has 0 fully saturated rings. The number of ether oxygens (including phenoxy) is 1. The van der Waals surface area contributed by atoms with E-state index >= 15 is 0 Å². The molecule has 7 atom stereocenters. The van der Waals surface area contributed by atoms with E-state index in [-0.39, 0.29) is 29.1 Å². The zero-order valence-electron chi connectivity index (χ0n) is 28.1. The molecule has 8 nitrogen and oxygen atoms in total. The number of carbonyl (C=O) groups is 1. The van der Waals surface area contributed by atoms with Gasteiger partial charge < -0.3 is 23.8 Å². The third-order valence-electron chi connectivity index (χ3n) is 8.94. The maximum atomic E-state index is 13.1. The second-order valence-electron chi connectivity index (χ2n) is 12.1. The second kappa shape index (κ2) is 15.2. The van der Waals surface area contributed by atoms with E-state index in [0.29, 0.717) is 63.7 Å². The van der Waals surface area contributed by atoms with E-state index in [1.807, 2.05) is 47.6 Å². The Balaban J connectivity index is 2.52. The van der Waals surface area contributed by atoms with Crippen molar-refractivity contribution in [3.8, 4) is 0 Å². The largest absolute Gasteiger partial charge is 0.465 e. The van der Waals surface area contributed by atoms with Crippen molar-refractivity contribution in [3.63, 3.8) is 0 Å². The van der Waals surface area contributed by atoms with Crippen LogP contribution in [0, 0.1) is 33.6 Å². The van der Waals surface area contributed by atoms with Gasteiger partial charge in [0.15, 0.2) is 10.9 Å². The molecule has 0 spiro atoms. The van der Waals surface area contributed by atoms with Crippen molar-refractivity contribution in [2.45, 2.75) is 138 Å². The van der Waals surface area contributed by atoms with Crippen LogP contribution in [0.2, 0.25) is 0 Å². The van der Waals surface area contributed by atoms with E-state index < -0.39 is 36.1 Å². The number of aryl methyl sites for hydroxylation is 1. The zero-order valence-corrected chi connectivity index (χ0v) is 28.1. The van der Waals surface area contributed by atoms with Gasteiger partial charge in [-0.2, -0.15) is 0 Å². The van der Waals surface area contributed by atoms with Gasteiger partial charge in [0.1, 0.15) is 29.1 Å². The Hall–Kier alpha value is -2.97. The highest BCUT2D eigenvalue weighted by atomic mass is 16.5. The van der Waals surface area contributed by atoms with Gasteiger partial charge in [-0.05, 0) is 46.6 Å². The molecule has 0 aromatic carbocycles. The van der Waals surface area contributed by atoms with Crippen LogP contribution in [0.5, 0.6) is 0 Å². The molecular formula is C35H52O8. The van der Waals surface area contributed by atoms with Crippen molar-refractivity contribution >= 4 is 5.97 Å². The average Bonchev–Trinajstić information content (AvgIpc) is 2.99. The molecule has 2 N–H and O–H groups in total.